The summed E-state index contributed by atoms with van der Waals surface area (Å²) in [5.41, 5.74) is 0.678. The molecule has 0 heterocycles. The van der Waals surface area contributed by atoms with E-state index in [9.17, 15) is 10.2 Å². The monoisotopic (exact) mass is 308 g/mol. The first-order valence-corrected chi connectivity index (χ1v) is 5.42. The van der Waals surface area contributed by atoms with Gasteiger partial charge in [0.25, 0.3) is 0 Å². The Balaban J connectivity index is 3.12. The van der Waals surface area contributed by atoms with Crippen molar-refractivity contribution in [2.45, 2.75) is 19.1 Å². The highest BCUT2D eigenvalue weighted by molar-refractivity contribution is 9.11. The fraction of sp³-hybridized carbons (Fsp3) is 0.333. The van der Waals surface area contributed by atoms with E-state index >= 15 is 0 Å². The third-order valence-electron chi connectivity index (χ3n) is 1.75. The summed E-state index contributed by atoms with van der Waals surface area (Å²) in [6.45, 7) is 1.55. The van der Waals surface area contributed by atoms with Crippen LogP contribution in [0.3, 0.4) is 0 Å². The zero-order valence-electron chi connectivity index (χ0n) is 7.04. The lowest BCUT2D eigenvalue weighted by molar-refractivity contribution is 0.0296. The molecule has 0 unspecified atom stereocenters. The van der Waals surface area contributed by atoms with Crippen molar-refractivity contribution < 1.29 is 10.2 Å². The topological polar surface area (TPSA) is 40.5 Å². The van der Waals surface area contributed by atoms with Crippen molar-refractivity contribution in [3.8, 4) is 0 Å². The molecule has 13 heavy (non-hydrogen) atoms. The molecule has 0 aliphatic carbocycles. The molecule has 72 valence electrons. The summed E-state index contributed by atoms with van der Waals surface area (Å²) in [7, 11) is 0. The van der Waals surface area contributed by atoms with Crippen molar-refractivity contribution in [3.63, 3.8) is 0 Å². The van der Waals surface area contributed by atoms with Crippen LogP contribution in [0, 0.1) is 0 Å². The van der Waals surface area contributed by atoms with E-state index in [1.54, 1.807) is 6.92 Å². The lowest BCUT2D eigenvalue weighted by Crippen LogP contribution is -2.14. The molecule has 2 atom stereocenters. The molecule has 4 heteroatoms. The van der Waals surface area contributed by atoms with Gasteiger partial charge in [-0.25, -0.2) is 0 Å². The van der Waals surface area contributed by atoms with Crippen LogP contribution in [-0.2, 0) is 0 Å². The van der Waals surface area contributed by atoms with Crippen LogP contribution < -0.4 is 0 Å². The summed E-state index contributed by atoms with van der Waals surface area (Å²) < 4.78 is 1.57. The number of benzene rings is 1. The maximum absolute atomic E-state index is 9.65. The van der Waals surface area contributed by atoms with Crippen molar-refractivity contribution in [1.82, 2.24) is 0 Å². The normalized spacial score (nSPS) is 15.5. The van der Waals surface area contributed by atoms with Crippen LogP contribution in [0.5, 0.6) is 0 Å². The highest BCUT2D eigenvalue weighted by Crippen LogP contribution is 2.32. The van der Waals surface area contributed by atoms with E-state index < -0.39 is 12.2 Å². The molecule has 0 bridgehead atoms. The molecule has 2 N–H and O–H groups in total. The second-order valence-corrected chi connectivity index (χ2v) is 4.53. The summed E-state index contributed by atoms with van der Waals surface area (Å²) in [5, 5.41) is 18.9. The molecule has 1 rings (SSSR count). The van der Waals surface area contributed by atoms with E-state index in [2.05, 4.69) is 31.9 Å². The summed E-state index contributed by atoms with van der Waals surface area (Å²) in [4.78, 5) is 0. The van der Waals surface area contributed by atoms with Gasteiger partial charge in [-0.3, -0.25) is 0 Å². The Morgan fingerprint density at radius 2 is 1.62 bits per heavy atom. The van der Waals surface area contributed by atoms with Gasteiger partial charge in [-0.15, -0.1) is 0 Å². The molecule has 1 aromatic rings. The molecule has 0 aliphatic rings. The zero-order valence-corrected chi connectivity index (χ0v) is 10.2. The minimum atomic E-state index is -0.870. The van der Waals surface area contributed by atoms with Gasteiger partial charge in [-0.1, -0.05) is 37.9 Å². The van der Waals surface area contributed by atoms with Crippen LogP contribution in [0.25, 0.3) is 0 Å². The predicted octanol–water partition coefficient (Wildman–Crippen LogP) is 2.63. The number of rotatable bonds is 2. The first-order chi connectivity index (χ1) is 6.04. The van der Waals surface area contributed by atoms with Crippen molar-refractivity contribution in [3.05, 3.63) is 32.7 Å². The maximum Gasteiger partial charge on any atom is 0.107 e. The molecular weight excluding hydrogens is 300 g/mol. The number of hydrogen-bond donors (Lipinski definition) is 2. The van der Waals surface area contributed by atoms with E-state index in [0.29, 0.717) is 5.56 Å². The van der Waals surface area contributed by atoms with Crippen LogP contribution in [0.4, 0.5) is 0 Å². The van der Waals surface area contributed by atoms with Gasteiger partial charge in [0, 0.05) is 14.5 Å². The second kappa shape index (κ2) is 4.55. The molecule has 0 saturated carbocycles. The van der Waals surface area contributed by atoms with Crippen LogP contribution in [0.1, 0.15) is 18.6 Å². The van der Waals surface area contributed by atoms with E-state index in [4.69, 9.17) is 0 Å². The summed E-state index contributed by atoms with van der Waals surface area (Å²) in [6.07, 6.45) is -1.65. The Morgan fingerprint density at radius 3 is 2.00 bits per heavy atom. The predicted molar refractivity (Wildman–Crippen MR) is 58.5 cm³/mol. The first-order valence-electron chi connectivity index (χ1n) is 3.84. The van der Waals surface area contributed by atoms with Gasteiger partial charge in [0.1, 0.15) is 6.10 Å². The molecule has 0 radical (unpaired) electrons. The molecule has 2 nitrogen and oxygen atoms in total. The van der Waals surface area contributed by atoms with Crippen molar-refractivity contribution in [1.29, 1.82) is 0 Å². The Morgan fingerprint density at radius 1 is 1.15 bits per heavy atom. The minimum Gasteiger partial charge on any atom is -0.390 e. The average molecular weight is 310 g/mol. The highest BCUT2D eigenvalue weighted by Gasteiger charge is 2.18. The lowest BCUT2D eigenvalue weighted by atomic mass is 10.1. The molecule has 0 aliphatic heterocycles. The smallest absolute Gasteiger partial charge is 0.107 e. The van der Waals surface area contributed by atoms with Crippen LogP contribution >= 0.6 is 31.9 Å². The van der Waals surface area contributed by atoms with Crippen LogP contribution in [0.15, 0.2) is 27.1 Å². The molecular formula is C9H10Br2O2. The third kappa shape index (κ3) is 2.53. The average Bonchev–Trinajstić information content (AvgIpc) is 2.03. The van der Waals surface area contributed by atoms with Gasteiger partial charge in [-0.2, -0.15) is 0 Å². The van der Waals surface area contributed by atoms with E-state index in [0.717, 1.165) is 8.95 Å². The standard InChI is InChI=1S/C9H10Br2O2/c1-5(12)9(13)8-6(10)3-2-4-7(8)11/h2-5,9,12-13H,1H3/t5-,9+/m0/s1. The summed E-state index contributed by atoms with van der Waals surface area (Å²) in [5.74, 6) is 0. The maximum atomic E-state index is 9.65. The Hall–Kier alpha value is 0.1000. The Labute approximate surface area is 93.8 Å². The summed E-state index contributed by atoms with van der Waals surface area (Å²) in [6, 6.07) is 5.50. The van der Waals surface area contributed by atoms with Crippen molar-refractivity contribution >= 4 is 31.9 Å². The quantitative estimate of drug-likeness (QED) is 0.881. The van der Waals surface area contributed by atoms with Crippen molar-refractivity contribution in [2.75, 3.05) is 0 Å². The third-order valence-corrected chi connectivity index (χ3v) is 3.14. The van der Waals surface area contributed by atoms with Crippen molar-refractivity contribution in [2.24, 2.45) is 0 Å². The SMILES string of the molecule is C[C@H](O)[C@@H](O)c1c(Br)cccc1Br. The molecule has 0 amide bonds. The first kappa shape index (κ1) is 11.2. The van der Waals surface area contributed by atoms with Crippen LogP contribution in [-0.4, -0.2) is 16.3 Å². The molecule has 1 aromatic carbocycles. The molecule has 0 spiro atoms. The fourth-order valence-electron chi connectivity index (χ4n) is 1.03. The molecule has 0 fully saturated rings. The van der Waals surface area contributed by atoms with Gasteiger partial charge < -0.3 is 10.2 Å². The van der Waals surface area contributed by atoms with Crippen LogP contribution in [0.2, 0.25) is 0 Å². The molecule has 0 aromatic heterocycles. The van der Waals surface area contributed by atoms with Gasteiger partial charge in [0.15, 0.2) is 0 Å². The van der Waals surface area contributed by atoms with Gasteiger partial charge >= 0.3 is 0 Å². The zero-order chi connectivity index (χ0) is 10.0. The Bertz CT molecular complexity index is 279. The Kier molecular flexibility index (Phi) is 3.91. The summed E-state index contributed by atoms with van der Waals surface area (Å²) >= 11 is 6.63. The van der Waals surface area contributed by atoms with Gasteiger partial charge in [-0.05, 0) is 19.1 Å². The number of aliphatic hydroxyl groups excluding tert-OH is 2. The lowest BCUT2D eigenvalue weighted by Gasteiger charge is -2.16. The van der Waals surface area contributed by atoms with E-state index in [1.165, 1.54) is 0 Å². The number of aliphatic hydroxyl groups is 2. The van der Waals surface area contributed by atoms with Gasteiger partial charge in [0.2, 0.25) is 0 Å². The van der Waals surface area contributed by atoms with E-state index in [1.807, 2.05) is 18.2 Å². The largest absolute Gasteiger partial charge is 0.390 e. The highest BCUT2D eigenvalue weighted by atomic mass is 79.9. The van der Waals surface area contributed by atoms with Gasteiger partial charge in [0.05, 0.1) is 6.10 Å². The minimum absolute atomic E-state index is 0.678. The van der Waals surface area contributed by atoms with E-state index in [-0.39, 0.29) is 0 Å². The molecule has 0 saturated heterocycles. The fourth-order valence-corrected chi connectivity index (χ4v) is 2.50. The number of halogens is 2. The second-order valence-electron chi connectivity index (χ2n) is 2.82. The number of hydrogen-bond acceptors (Lipinski definition) is 2.